The topological polar surface area (TPSA) is 65.4 Å². The number of halogens is 2. The minimum absolute atomic E-state index is 0.158. The second-order valence-corrected chi connectivity index (χ2v) is 10.1. The quantitative estimate of drug-likeness (QED) is 0.0917. The first kappa shape index (κ1) is 28.3. The summed E-state index contributed by atoms with van der Waals surface area (Å²) >= 11 is 7.51. The third-order valence-corrected chi connectivity index (χ3v) is 7.07. The van der Waals surface area contributed by atoms with Crippen LogP contribution in [0.25, 0.3) is 22.0 Å². The van der Waals surface area contributed by atoms with Gasteiger partial charge in [-0.15, -0.1) is 22.9 Å². The Balaban J connectivity index is 1.42. The number of thiophene rings is 1. The van der Waals surface area contributed by atoms with Gasteiger partial charge in [-0.05, 0) is 48.9 Å². The first-order chi connectivity index (χ1) is 19.0. The van der Waals surface area contributed by atoms with E-state index in [2.05, 4.69) is 10.3 Å². The molecule has 0 aliphatic carbocycles. The van der Waals surface area contributed by atoms with E-state index in [-0.39, 0.29) is 16.8 Å². The molecule has 0 amide bonds. The lowest BCUT2D eigenvalue weighted by molar-refractivity contribution is 0.292. The largest absolute Gasteiger partial charge is 0.493 e. The van der Waals surface area contributed by atoms with Gasteiger partial charge in [0.15, 0.2) is 11.5 Å². The third-order valence-electron chi connectivity index (χ3n) is 5.70. The highest BCUT2D eigenvalue weighted by molar-refractivity contribution is 7.19. The second kappa shape index (κ2) is 13.9. The van der Waals surface area contributed by atoms with Crippen LogP contribution in [0.1, 0.15) is 17.4 Å². The molecule has 1 atom stereocenters. The number of fused-ring (bicyclic) bond motifs is 1. The molecule has 2 aromatic heterocycles. The molecule has 4 aromatic rings. The predicted molar refractivity (Wildman–Crippen MR) is 158 cm³/mol. The van der Waals surface area contributed by atoms with E-state index in [9.17, 15) is 9.18 Å². The second-order valence-electron chi connectivity index (χ2n) is 8.48. The molecule has 1 N–H and O–H groups in total. The molecule has 6 nitrogen and oxygen atoms in total. The maximum atomic E-state index is 13.3. The molecule has 202 valence electrons. The van der Waals surface area contributed by atoms with Crippen molar-refractivity contribution in [2.24, 2.45) is 0 Å². The molecule has 0 aliphatic heterocycles. The van der Waals surface area contributed by atoms with Crippen molar-refractivity contribution in [1.29, 1.82) is 0 Å². The zero-order chi connectivity index (χ0) is 27.6. The molecule has 0 saturated carbocycles. The molecule has 9 heteroatoms. The Morgan fingerprint density at radius 3 is 2.72 bits per heavy atom. The van der Waals surface area contributed by atoms with Gasteiger partial charge in [-0.1, -0.05) is 42.5 Å². The van der Waals surface area contributed by atoms with Crippen molar-refractivity contribution in [2.75, 3.05) is 20.3 Å². The molecule has 4 rings (SSSR count). The fraction of sp³-hybridized carbons (Fsp3) is 0.200. The van der Waals surface area contributed by atoms with E-state index in [1.807, 2.05) is 49.4 Å². The van der Waals surface area contributed by atoms with Gasteiger partial charge < -0.3 is 14.8 Å². The SMILES string of the molecule is C/C=C\C(Cl)C=C/C=C/c1cc2ncn(-c3ccc(OCCNCc4ccc(F)cc4)c(OC)c3)c(=O)c2s1. The molecule has 0 radical (unpaired) electrons. The van der Waals surface area contributed by atoms with E-state index >= 15 is 0 Å². The lowest BCUT2D eigenvalue weighted by atomic mass is 10.2. The molecule has 0 bridgehead atoms. The van der Waals surface area contributed by atoms with Gasteiger partial charge in [-0.2, -0.15) is 0 Å². The number of aromatic nitrogens is 2. The third kappa shape index (κ3) is 7.66. The van der Waals surface area contributed by atoms with Crippen molar-refractivity contribution in [3.8, 4) is 17.2 Å². The molecule has 2 aromatic carbocycles. The molecule has 0 spiro atoms. The summed E-state index contributed by atoms with van der Waals surface area (Å²) in [5, 5.41) is 3.10. The van der Waals surface area contributed by atoms with Crippen LogP contribution < -0.4 is 20.3 Å². The molecule has 2 heterocycles. The van der Waals surface area contributed by atoms with Crippen molar-refractivity contribution in [3.05, 3.63) is 112 Å². The van der Waals surface area contributed by atoms with Crippen LogP contribution in [-0.4, -0.2) is 35.2 Å². The van der Waals surface area contributed by atoms with Crippen LogP contribution in [0.15, 0.2) is 90.0 Å². The van der Waals surface area contributed by atoms with Crippen LogP contribution in [0.3, 0.4) is 0 Å². The van der Waals surface area contributed by atoms with Crippen molar-refractivity contribution in [1.82, 2.24) is 14.9 Å². The maximum absolute atomic E-state index is 13.3. The van der Waals surface area contributed by atoms with Gasteiger partial charge in [0, 0.05) is 24.0 Å². The van der Waals surface area contributed by atoms with Crippen LogP contribution in [0, 0.1) is 5.82 Å². The fourth-order valence-corrected chi connectivity index (χ4v) is 4.94. The van der Waals surface area contributed by atoms with Gasteiger partial charge in [-0.25, -0.2) is 9.37 Å². The first-order valence-electron chi connectivity index (χ1n) is 12.4. The Kier molecular flexibility index (Phi) is 10.1. The van der Waals surface area contributed by atoms with E-state index in [0.29, 0.717) is 47.1 Å². The number of benzene rings is 2. The first-order valence-corrected chi connectivity index (χ1v) is 13.6. The van der Waals surface area contributed by atoms with Crippen molar-refractivity contribution in [3.63, 3.8) is 0 Å². The zero-order valence-corrected chi connectivity index (χ0v) is 23.2. The van der Waals surface area contributed by atoms with Crippen LogP contribution in [0.2, 0.25) is 0 Å². The van der Waals surface area contributed by atoms with E-state index in [4.69, 9.17) is 21.1 Å². The van der Waals surface area contributed by atoms with Gasteiger partial charge in [0.25, 0.3) is 5.56 Å². The van der Waals surface area contributed by atoms with E-state index in [1.165, 1.54) is 34.4 Å². The van der Waals surface area contributed by atoms with Crippen molar-refractivity contribution < 1.29 is 13.9 Å². The van der Waals surface area contributed by atoms with Gasteiger partial charge in [0.1, 0.15) is 23.5 Å². The standard InChI is InChI=1S/C30H29ClFN3O3S/c1-3-6-22(31)7-4-5-8-25-18-26-29(39-25)30(36)35(20-34-26)24-13-14-27(28(17-24)37-2)38-16-15-33-19-21-9-11-23(32)12-10-21/h3-14,17-18,20,22,33H,15-16,19H2,1-2H3/b6-3-,7-4?,8-5+. The monoisotopic (exact) mass is 565 g/mol. The number of methoxy groups -OCH3 is 1. The molecule has 1 unspecified atom stereocenters. The Bertz CT molecular complexity index is 1540. The van der Waals surface area contributed by atoms with Crippen molar-refractivity contribution >= 4 is 39.2 Å². The van der Waals surface area contributed by atoms with Gasteiger partial charge in [0.05, 0.1) is 23.7 Å². The number of ether oxygens (including phenoxy) is 2. The van der Waals surface area contributed by atoms with E-state index < -0.39 is 0 Å². The predicted octanol–water partition coefficient (Wildman–Crippen LogP) is 6.52. The molecule has 39 heavy (non-hydrogen) atoms. The van der Waals surface area contributed by atoms with E-state index in [1.54, 1.807) is 37.4 Å². The number of hydrogen-bond acceptors (Lipinski definition) is 6. The average molecular weight is 566 g/mol. The average Bonchev–Trinajstić information content (AvgIpc) is 3.36. The lowest BCUT2D eigenvalue weighted by Crippen LogP contribution is -2.21. The highest BCUT2D eigenvalue weighted by atomic mass is 35.5. The number of allylic oxidation sites excluding steroid dienone is 5. The summed E-state index contributed by atoms with van der Waals surface area (Å²) < 4.78 is 26.5. The number of nitrogens with zero attached hydrogens (tertiary/aromatic N) is 2. The Morgan fingerprint density at radius 2 is 1.95 bits per heavy atom. The fourth-order valence-electron chi connectivity index (χ4n) is 3.76. The number of rotatable bonds is 12. The van der Waals surface area contributed by atoms with Crippen LogP contribution in [0.4, 0.5) is 4.39 Å². The summed E-state index contributed by atoms with van der Waals surface area (Å²) in [7, 11) is 1.56. The van der Waals surface area contributed by atoms with Crippen LogP contribution in [-0.2, 0) is 6.54 Å². The summed E-state index contributed by atoms with van der Waals surface area (Å²) in [4.78, 5) is 18.7. The molecular formula is C30H29ClFN3O3S. The molecule has 0 saturated heterocycles. The highest BCUT2D eigenvalue weighted by Gasteiger charge is 2.12. The molecular weight excluding hydrogens is 537 g/mol. The Labute approximate surface area is 235 Å². The number of hydrogen-bond donors (Lipinski definition) is 1. The number of alkyl halides is 1. The highest BCUT2D eigenvalue weighted by Crippen LogP contribution is 2.30. The minimum atomic E-state index is -0.252. The van der Waals surface area contributed by atoms with Gasteiger partial charge in [-0.3, -0.25) is 9.36 Å². The Hall–Kier alpha value is -3.72. The summed E-state index contributed by atoms with van der Waals surface area (Å²) in [6.45, 7) is 3.54. The van der Waals surface area contributed by atoms with Crippen molar-refractivity contribution in [2.45, 2.75) is 18.8 Å². The van der Waals surface area contributed by atoms with Crippen LogP contribution >= 0.6 is 22.9 Å². The van der Waals surface area contributed by atoms with Gasteiger partial charge in [0.2, 0.25) is 0 Å². The van der Waals surface area contributed by atoms with Gasteiger partial charge >= 0.3 is 0 Å². The summed E-state index contributed by atoms with van der Waals surface area (Å²) in [5.41, 5.74) is 2.10. The number of nitrogens with one attached hydrogen (secondary N) is 1. The normalized spacial score (nSPS) is 12.7. The zero-order valence-electron chi connectivity index (χ0n) is 21.6. The summed E-state index contributed by atoms with van der Waals surface area (Å²) in [6, 6.07) is 13.6. The molecule has 0 fully saturated rings. The summed E-state index contributed by atoms with van der Waals surface area (Å²) in [6.07, 6.45) is 12.9. The van der Waals surface area contributed by atoms with E-state index in [0.717, 1.165) is 10.4 Å². The maximum Gasteiger partial charge on any atom is 0.275 e. The smallest absolute Gasteiger partial charge is 0.275 e. The van der Waals surface area contributed by atoms with Crippen LogP contribution in [0.5, 0.6) is 11.5 Å². The molecule has 0 aliphatic rings. The Morgan fingerprint density at radius 1 is 1.13 bits per heavy atom. The minimum Gasteiger partial charge on any atom is -0.493 e. The lowest BCUT2D eigenvalue weighted by Gasteiger charge is -2.13. The summed E-state index contributed by atoms with van der Waals surface area (Å²) in [5.74, 6) is 0.824.